The van der Waals surface area contributed by atoms with Crippen molar-refractivity contribution in [2.75, 3.05) is 12.8 Å². The molecule has 2 N–H and O–H groups in total. The molecule has 2 heterocycles. The molecule has 0 aliphatic rings. The fourth-order valence-electron chi connectivity index (χ4n) is 2.90. The van der Waals surface area contributed by atoms with E-state index in [0.717, 1.165) is 66.1 Å². The second-order valence-corrected chi connectivity index (χ2v) is 5.95. The standard InChI is InChI=1S/C17H27N5O/c1-6-8-14-20-15-16(12(3)13(4)19-17(15)18)22(14)10-7-9-11(2)21-23-5/h6-10H2,1-5H3,(H2,18,19)/b21-11+. The summed E-state index contributed by atoms with van der Waals surface area (Å²) in [5, 5.41) is 3.97. The molecule has 0 amide bonds. The number of imidazole rings is 1. The van der Waals surface area contributed by atoms with Crippen molar-refractivity contribution in [3.8, 4) is 0 Å². The Morgan fingerprint density at radius 3 is 2.70 bits per heavy atom. The summed E-state index contributed by atoms with van der Waals surface area (Å²) >= 11 is 0. The first kappa shape index (κ1) is 17.2. The first-order chi connectivity index (χ1) is 11.0. The van der Waals surface area contributed by atoms with Gasteiger partial charge >= 0.3 is 0 Å². The van der Waals surface area contributed by atoms with E-state index in [1.54, 1.807) is 7.11 Å². The van der Waals surface area contributed by atoms with Gasteiger partial charge in [-0.15, -0.1) is 0 Å². The largest absolute Gasteiger partial charge is 0.399 e. The van der Waals surface area contributed by atoms with Crippen LogP contribution in [0.5, 0.6) is 0 Å². The first-order valence-corrected chi connectivity index (χ1v) is 8.18. The van der Waals surface area contributed by atoms with Gasteiger partial charge in [-0.1, -0.05) is 12.1 Å². The molecule has 0 aliphatic heterocycles. The highest BCUT2D eigenvalue weighted by atomic mass is 16.6. The summed E-state index contributed by atoms with van der Waals surface area (Å²) in [6.45, 7) is 9.14. The number of oxime groups is 1. The average molecular weight is 317 g/mol. The third-order valence-electron chi connectivity index (χ3n) is 4.12. The summed E-state index contributed by atoms with van der Waals surface area (Å²) in [6, 6.07) is 0. The number of pyridine rings is 1. The van der Waals surface area contributed by atoms with Crippen LogP contribution in [-0.2, 0) is 17.8 Å². The fourth-order valence-corrected chi connectivity index (χ4v) is 2.90. The summed E-state index contributed by atoms with van der Waals surface area (Å²) in [4.78, 5) is 14.0. The molecule has 2 rings (SSSR count). The van der Waals surface area contributed by atoms with E-state index in [-0.39, 0.29) is 0 Å². The SMILES string of the molecule is CCCc1nc2c(N)nc(C)c(C)c2n1CCC/C(C)=N/OC. The Labute approximate surface area is 137 Å². The summed E-state index contributed by atoms with van der Waals surface area (Å²) in [5.41, 5.74) is 11.2. The summed E-state index contributed by atoms with van der Waals surface area (Å²) in [5.74, 6) is 1.61. The topological polar surface area (TPSA) is 78.3 Å². The molecule has 0 bridgehead atoms. The van der Waals surface area contributed by atoms with Crippen molar-refractivity contribution < 1.29 is 4.84 Å². The summed E-state index contributed by atoms with van der Waals surface area (Å²) in [7, 11) is 1.58. The van der Waals surface area contributed by atoms with Crippen LogP contribution in [-0.4, -0.2) is 27.4 Å². The molecule has 2 aromatic rings. The Bertz CT molecular complexity index is 718. The van der Waals surface area contributed by atoms with Crippen LogP contribution < -0.4 is 5.73 Å². The number of aromatic nitrogens is 3. The Morgan fingerprint density at radius 1 is 1.30 bits per heavy atom. The lowest BCUT2D eigenvalue weighted by atomic mass is 10.1. The van der Waals surface area contributed by atoms with Crippen LogP contribution >= 0.6 is 0 Å². The van der Waals surface area contributed by atoms with Crippen molar-refractivity contribution in [1.29, 1.82) is 0 Å². The van der Waals surface area contributed by atoms with E-state index in [2.05, 4.69) is 28.6 Å². The van der Waals surface area contributed by atoms with Gasteiger partial charge in [0, 0.05) is 18.7 Å². The average Bonchev–Trinajstić information content (AvgIpc) is 2.85. The van der Waals surface area contributed by atoms with Gasteiger partial charge in [0.15, 0.2) is 5.82 Å². The number of anilines is 1. The smallest absolute Gasteiger partial charge is 0.151 e. The van der Waals surface area contributed by atoms with E-state index >= 15 is 0 Å². The van der Waals surface area contributed by atoms with E-state index in [4.69, 9.17) is 15.6 Å². The number of fused-ring (bicyclic) bond motifs is 1. The molecule has 6 heteroatoms. The number of nitrogens with two attached hydrogens (primary N) is 1. The fraction of sp³-hybridized carbons (Fsp3) is 0.588. The molecule has 6 nitrogen and oxygen atoms in total. The van der Waals surface area contributed by atoms with Crippen molar-refractivity contribution in [2.24, 2.45) is 5.16 Å². The predicted molar refractivity (Wildman–Crippen MR) is 94.8 cm³/mol. The summed E-state index contributed by atoms with van der Waals surface area (Å²) in [6.07, 6.45) is 3.88. The maximum atomic E-state index is 6.10. The number of hydrogen-bond donors (Lipinski definition) is 1. The second kappa shape index (κ2) is 7.44. The maximum absolute atomic E-state index is 6.10. The minimum Gasteiger partial charge on any atom is -0.399 e. The molecule has 0 spiro atoms. The molecule has 0 aliphatic carbocycles. The van der Waals surface area contributed by atoms with Gasteiger partial charge in [-0.05, 0) is 45.6 Å². The van der Waals surface area contributed by atoms with Crippen molar-refractivity contribution in [3.05, 3.63) is 17.1 Å². The van der Waals surface area contributed by atoms with Crippen LogP contribution in [0.2, 0.25) is 0 Å². The number of nitrogen functional groups attached to an aromatic ring is 1. The number of hydrogen-bond acceptors (Lipinski definition) is 5. The van der Waals surface area contributed by atoms with E-state index in [0.29, 0.717) is 5.82 Å². The Morgan fingerprint density at radius 2 is 2.04 bits per heavy atom. The molecule has 0 saturated heterocycles. The van der Waals surface area contributed by atoms with Gasteiger partial charge < -0.3 is 15.1 Å². The second-order valence-electron chi connectivity index (χ2n) is 5.95. The quantitative estimate of drug-likeness (QED) is 0.627. The van der Waals surface area contributed by atoms with Gasteiger partial charge in [0.1, 0.15) is 18.5 Å². The first-order valence-electron chi connectivity index (χ1n) is 8.18. The van der Waals surface area contributed by atoms with E-state index in [1.807, 2.05) is 13.8 Å². The Kier molecular flexibility index (Phi) is 5.58. The highest BCUT2D eigenvalue weighted by molar-refractivity contribution is 5.88. The summed E-state index contributed by atoms with van der Waals surface area (Å²) < 4.78 is 2.30. The Hall–Kier alpha value is -2.11. The number of nitrogens with zero attached hydrogens (tertiary/aromatic N) is 4. The molecule has 2 aromatic heterocycles. The van der Waals surface area contributed by atoms with Crippen molar-refractivity contribution in [3.63, 3.8) is 0 Å². The van der Waals surface area contributed by atoms with Gasteiger partial charge in [-0.25, -0.2) is 9.97 Å². The lowest BCUT2D eigenvalue weighted by Crippen LogP contribution is -2.07. The zero-order chi connectivity index (χ0) is 17.0. The normalized spacial score (nSPS) is 12.1. The minimum atomic E-state index is 0.524. The molecule has 0 atom stereocenters. The lowest BCUT2D eigenvalue weighted by Gasteiger charge is -2.11. The lowest BCUT2D eigenvalue weighted by molar-refractivity contribution is 0.212. The van der Waals surface area contributed by atoms with Crippen molar-refractivity contribution in [2.45, 2.75) is 59.9 Å². The molecular formula is C17H27N5O. The van der Waals surface area contributed by atoms with Crippen molar-refractivity contribution in [1.82, 2.24) is 14.5 Å². The molecule has 0 radical (unpaired) electrons. The monoisotopic (exact) mass is 317 g/mol. The molecule has 0 unspecified atom stereocenters. The predicted octanol–water partition coefficient (Wildman–Crippen LogP) is 3.39. The highest BCUT2D eigenvalue weighted by Gasteiger charge is 2.16. The maximum Gasteiger partial charge on any atom is 0.151 e. The zero-order valence-electron chi connectivity index (χ0n) is 14.8. The van der Waals surface area contributed by atoms with Crippen LogP contribution in [0.15, 0.2) is 5.16 Å². The van der Waals surface area contributed by atoms with Crippen molar-refractivity contribution >= 4 is 22.6 Å². The molecule has 23 heavy (non-hydrogen) atoms. The van der Waals surface area contributed by atoms with Gasteiger partial charge in [-0.3, -0.25) is 0 Å². The number of rotatable bonds is 7. The van der Waals surface area contributed by atoms with E-state index in [1.165, 1.54) is 0 Å². The van der Waals surface area contributed by atoms with Crippen LogP contribution in [0, 0.1) is 13.8 Å². The number of aryl methyl sites for hydroxylation is 4. The minimum absolute atomic E-state index is 0.524. The Balaban J connectivity index is 2.39. The van der Waals surface area contributed by atoms with Gasteiger partial charge in [-0.2, -0.15) is 0 Å². The van der Waals surface area contributed by atoms with E-state index < -0.39 is 0 Å². The molecule has 0 saturated carbocycles. The molecule has 126 valence electrons. The third-order valence-corrected chi connectivity index (χ3v) is 4.12. The van der Waals surface area contributed by atoms with Gasteiger partial charge in [0.05, 0.1) is 11.2 Å². The molecule has 0 aromatic carbocycles. The van der Waals surface area contributed by atoms with Gasteiger partial charge in [0.2, 0.25) is 0 Å². The highest BCUT2D eigenvalue weighted by Crippen LogP contribution is 2.27. The van der Waals surface area contributed by atoms with Crippen LogP contribution in [0.1, 0.15) is 50.2 Å². The van der Waals surface area contributed by atoms with Gasteiger partial charge in [0.25, 0.3) is 0 Å². The molecular weight excluding hydrogens is 290 g/mol. The third kappa shape index (κ3) is 3.63. The zero-order valence-corrected chi connectivity index (χ0v) is 14.8. The van der Waals surface area contributed by atoms with Crippen LogP contribution in [0.4, 0.5) is 5.82 Å². The van der Waals surface area contributed by atoms with Crippen LogP contribution in [0.3, 0.4) is 0 Å². The molecule has 0 fully saturated rings. The van der Waals surface area contributed by atoms with Crippen LogP contribution in [0.25, 0.3) is 11.0 Å². The van der Waals surface area contributed by atoms with E-state index in [9.17, 15) is 0 Å².